The molecule has 26 heavy (non-hydrogen) atoms. The average molecular weight is 365 g/mol. The summed E-state index contributed by atoms with van der Waals surface area (Å²) in [6, 6.07) is -0.567. The van der Waals surface area contributed by atoms with E-state index in [1.807, 2.05) is 34.6 Å². The summed E-state index contributed by atoms with van der Waals surface area (Å²) in [4.78, 5) is 27.7. The normalized spacial score (nSPS) is 16.7. The van der Waals surface area contributed by atoms with Gasteiger partial charge in [-0.3, -0.25) is 9.59 Å². The van der Waals surface area contributed by atoms with Gasteiger partial charge in [0.05, 0.1) is 13.2 Å². The molecule has 2 heterocycles. The molecule has 0 radical (unpaired) electrons. The predicted molar refractivity (Wildman–Crippen MR) is 98.0 cm³/mol. The monoisotopic (exact) mass is 365 g/mol. The number of ether oxygens (including phenoxy) is 1. The Morgan fingerprint density at radius 1 is 1.23 bits per heavy atom. The van der Waals surface area contributed by atoms with Gasteiger partial charge in [-0.2, -0.15) is 0 Å². The maximum Gasteiger partial charge on any atom is 0.257 e. The number of aryl methyl sites for hydroxylation is 1. The van der Waals surface area contributed by atoms with Crippen molar-refractivity contribution < 1.29 is 18.8 Å². The Bertz CT molecular complexity index is 640. The van der Waals surface area contributed by atoms with Gasteiger partial charge in [0.1, 0.15) is 23.1 Å². The van der Waals surface area contributed by atoms with Crippen LogP contribution < -0.4 is 5.32 Å². The maximum atomic E-state index is 13.0. The van der Waals surface area contributed by atoms with Crippen LogP contribution in [0.5, 0.6) is 0 Å². The Kier molecular flexibility index (Phi) is 6.44. The van der Waals surface area contributed by atoms with Gasteiger partial charge in [0.25, 0.3) is 5.91 Å². The molecule has 1 N–H and O–H groups in total. The van der Waals surface area contributed by atoms with Crippen molar-refractivity contribution in [2.24, 2.45) is 5.92 Å². The Morgan fingerprint density at radius 3 is 2.38 bits per heavy atom. The second kappa shape index (κ2) is 8.20. The van der Waals surface area contributed by atoms with Gasteiger partial charge in [-0.15, -0.1) is 0 Å². The first-order valence-corrected chi connectivity index (χ1v) is 9.25. The second-order valence-corrected chi connectivity index (χ2v) is 8.31. The van der Waals surface area contributed by atoms with E-state index < -0.39 is 6.04 Å². The lowest BCUT2D eigenvalue weighted by molar-refractivity contribution is -0.137. The van der Waals surface area contributed by atoms with Crippen LogP contribution in [-0.2, 0) is 14.9 Å². The largest absolute Gasteiger partial charge is 0.378 e. The molecular formula is C19H31N3O4. The quantitative estimate of drug-likeness (QED) is 0.865. The molecule has 1 atom stereocenters. The zero-order valence-electron chi connectivity index (χ0n) is 16.7. The van der Waals surface area contributed by atoms with Gasteiger partial charge < -0.3 is 19.5 Å². The van der Waals surface area contributed by atoms with Crippen LogP contribution in [0.4, 0.5) is 0 Å². The van der Waals surface area contributed by atoms with Crippen molar-refractivity contribution in [2.75, 3.05) is 26.3 Å². The molecule has 1 saturated heterocycles. The first kappa shape index (κ1) is 20.4. The van der Waals surface area contributed by atoms with Crippen LogP contribution in [0.2, 0.25) is 0 Å². The number of amides is 2. The fraction of sp³-hybridized carbons (Fsp3) is 0.737. The molecule has 1 fully saturated rings. The molecule has 0 aliphatic carbocycles. The molecule has 2 amide bonds. The third-order valence-electron chi connectivity index (χ3n) is 4.43. The molecule has 1 unspecified atom stereocenters. The fourth-order valence-electron chi connectivity index (χ4n) is 3.08. The van der Waals surface area contributed by atoms with E-state index in [1.54, 1.807) is 11.8 Å². The number of carbonyl (C=O) groups is 2. The molecule has 0 bridgehead atoms. The van der Waals surface area contributed by atoms with Gasteiger partial charge in [0, 0.05) is 18.5 Å². The zero-order chi connectivity index (χ0) is 19.5. The molecular weight excluding hydrogens is 334 g/mol. The van der Waals surface area contributed by atoms with Gasteiger partial charge in [-0.25, -0.2) is 0 Å². The Labute approximate surface area is 155 Å². The van der Waals surface area contributed by atoms with E-state index in [0.717, 1.165) is 0 Å². The van der Waals surface area contributed by atoms with Crippen LogP contribution in [0.3, 0.4) is 0 Å². The van der Waals surface area contributed by atoms with Crippen LogP contribution in [0, 0.1) is 12.8 Å². The molecule has 7 nitrogen and oxygen atoms in total. The zero-order valence-corrected chi connectivity index (χ0v) is 16.7. The Hall–Kier alpha value is -1.89. The first-order valence-electron chi connectivity index (χ1n) is 9.25. The third kappa shape index (κ3) is 4.84. The summed E-state index contributed by atoms with van der Waals surface area (Å²) in [5.74, 6) is 0.383. The van der Waals surface area contributed by atoms with E-state index in [9.17, 15) is 9.59 Å². The van der Waals surface area contributed by atoms with Crippen LogP contribution in [0.15, 0.2) is 4.52 Å². The third-order valence-corrected chi connectivity index (χ3v) is 4.43. The Morgan fingerprint density at radius 2 is 1.85 bits per heavy atom. The van der Waals surface area contributed by atoms with Crippen LogP contribution in [-0.4, -0.2) is 54.2 Å². The number of nitrogens with one attached hydrogen (secondary N) is 1. The van der Waals surface area contributed by atoms with Crippen molar-refractivity contribution in [3.8, 4) is 0 Å². The number of carbonyl (C=O) groups excluding carboxylic acids is 2. The lowest BCUT2D eigenvalue weighted by Gasteiger charge is -2.31. The van der Waals surface area contributed by atoms with Crippen molar-refractivity contribution in [3.63, 3.8) is 0 Å². The van der Waals surface area contributed by atoms with Gasteiger partial charge in [0.2, 0.25) is 5.91 Å². The number of aromatic nitrogens is 1. The molecule has 0 aromatic carbocycles. The van der Waals surface area contributed by atoms with Crippen molar-refractivity contribution in [2.45, 2.75) is 59.4 Å². The smallest absolute Gasteiger partial charge is 0.257 e. The minimum Gasteiger partial charge on any atom is -0.378 e. The molecule has 1 aromatic heterocycles. The molecule has 2 rings (SSSR count). The van der Waals surface area contributed by atoms with Crippen LogP contribution >= 0.6 is 0 Å². The van der Waals surface area contributed by atoms with Crippen molar-refractivity contribution in [3.05, 3.63) is 17.0 Å². The molecule has 1 aromatic rings. The van der Waals surface area contributed by atoms with Crippen molar-refractivity contribution in [1.29, 1.82) is 0 Å². The van der Waals surface area contributed by atoms with Gasteiger partial charge in [-0.1, -0.05) is 39.8 Å². The van der Waals surface area contributed by atoms with E-state index in [-0.39, 0.29) is 23.1 Å². The van der Waals surface area contributed by atoms with Crippen molar-refractivity contribution >= 4 is 11.8 Å². The highest BCUT2D eigenvalue weighted by Gasteiger charge is 2.33. The summed E-state index contributed by atoms with van der Waals surface area (Å²) in [5.41, 5.74) is 0.710. The maximum absolute atomic E-state index is 13.0. The summed E-state index contributed by atoms with van der Waals surface area (Å²) < 4.78 is 10.6. The SMILES string of the molecule is Cc1onc(C(C)(C)C)c1C(=O)NC(CC(C)C)C(=O)N1CCOCC1. The summed E-state index contributed by atoms with van der Waals surface area (Å²) in [7, 11) is 0. The Balaban J connectivity index is 2.21. The predicted octanol–water partition coefficient (Wildman–Crippen LogP) is 2.28. The summed E-state index contributed by atoms with van der Waals surface area (Å²) >= 11 is 0. The lowest BCUT2D eigenvalue weighted by Crippen LogP contribution is -2.52. The number of morpholine rings is 1. The highest BCUT2D eigenvalue weighted by atomic mass is 16.5. The van der Waals surface area contributed by atoms with E-state index in [2.05, 4.69) is 10.5 Å². The number of hydrogen-bond donors (Lipinski definition) is 1. The van der Waals surface area contributed by atoms with Gasteiger partial charge >= 0.3 is 0 Å². The van der Waals surface area contributed by atoms with E-state index >= 15 is 0 Å². The standard InChI is InChI=1S/C19H31N3O4/c1-12(2)11-14(18(24)22-7-9-25-10-8-22)20-17(23)15-13(3)26-21-16(15)19(4,5)6/h12,14H,7-11H2,1-6H3,(H,20,23). The molecule has 146 valence electrons. The molecule has 1 aliphatic rings. The van der Waals surface area contributed by atoms with Crippen LogP contribution in [0.1, 0.15) is 62.9 Å². The minimum atomic E-state index is -0.567. The van der Waals surface area contributed by atoms with E-state index in [1.165, 1.54) is 0 Å². The van der Waals surface area contributed by atoms with Crippen LogP contribution in [0.25, 0.3) is 0 Å². The highest BCUT2D eigenvalue weighted by molar-refractivity contribution is 5.99. The minimum absolute atomic E-state index is 0.0539. The van der Waals surface area contributed by atoms with Crippen molar-refractivity contribution in [1.82, 2.24) is 15.4 Å². The topological polar surface area (TPSA) is 84.7 Å². The van der Waals surface area contributed by atoms with E-state index in [4.69, 9.17) is 9.26 Å². The number of hydrogen-bond acceptors (Lipinski definition) is 5. The molecule has 1 aliphatic heterocycles. The molecule has 0 spiro atoms. The van der Waals surface area contributed by atoms with E-state index in [0.29, 0.717) is 49.7 Å². The molecule has 7 heteroatoms. The molecule has 0 saturated carbocycles. The average Bonchev–Trinajstić information content (AvgIpc) is 2.96. The number of nitrogens with zero attached hydrogens (tertiary/aromatic N) is 2. The highest BCUT2D eigenvalue weighted by Crippen LogP contribution is 2.27. The second-order valence-electron chi connectivity index (χ2n) is 8.31. The van der Waals surface area contributed by atoms with Gasteiger partial charge in [-0.05, 0) is 19.3 Å². The fourth-order valence-corrected chi connectivity index (χ4v) is 3.08. The number of rotatable bonds is 5. The first-order chi connectivity index (χ1) is 12.1. The van der Waals surface area contributed by atoms with Gasteiger partial charge in [0.15, 0.2) is 0 Å². The summed E-state index contributed by atoms with van der Waals surface area (Å²) in [5, 5.41) is 6.99. The summed E-state index contributed by atoms with van der Waals surface area (Å²) in [6.45, 7) is 13.9. The lowest BCUT2D eigenvalue weighted by atomic mass is 9.88. The summed E-state index contributed by atoms with van der Waals surface area (Å²) in [6.07, 6.45) is 0.580.